The number of rotatable bonds is 7. The molecule has 2 aromatic carbocycles. The minimum absolute atomic E-state index is 0. The molecule has 3 N–H and O–H groups in total. The van der Waals surface area contributed by atoms with E-state index in [0.717, 1.165) is 15.6 Å². The van der Waals surface area contributed by atoms with Crippen molar-refractivity contribution < 1.29 is 9.18 Å². The average molecular weight is 563 g/mol. The van der Waals surface area contributed by atoms with E-state index >= 15 is 0 Å². The smallest absolute Gasteiger partial charge is 0.222 e. The Morgan fingerprint density at radius 1 is 1.18 bits per heavy atom. The van der Waals surface area contributed by atoms with Gasteiger partial charge in [0.25, 0.3) is 0 Å². The van der Waals surface area contributed by atoms with E-state index in [2.05, 4.69) is 26.2 Å². The quantitative estimate of drug-likeness (QED) is 0.308. The van der Waals surface area contributed by atoms with Crippen molar-refractivity contribution in [2.24, 2.45) is 16.6 Å². The second-order valence-electron chi connectivity index (χ2n) is 6.34. The number of guanidine groups is 1. The van der Waals surface area contributed by atoms with Crippen molar-refractivity contribution in [3.63, 3.8) is 0 Å². The van der Waals surface area contributed by atoms with Gasteiger partial charge >= 0.3 is 0 Å². The van der Waals surface area contributed by atoms with Crippen LogP contribution < -0.4 is 11.1 Å². The van der Waals surface area contributed by atoms with E-state index < -0.39 is 11.8 Å². The lowest BCUT2D eigenvalue weighted by atomic mass is 9.98. The Bertz CT molecular complexity index is 784. The number of halogens is 3. The summed E-state index contributed by atoms with van der Waals surface area (Å²) in [5.41, 5.74) is 7.55. The van der Waals surface area contributed by atoms with Crippen LogP contribution in [0, 0.1) is 11.7 Å². The summed E-state index contributed by atoms with van der Waals surface area (Å²) in [6, 6.07) is 14.1. The molecule has 0 bridgehead atoms. The van der Waals surface area contributed by atoms with Crippen LogP contribution in [0.25, 0.3) is 0 Å². The first kappa shape index (κ1) is 24.4. The standard InChI is InChI=1S/C20H24BrFN4O.HI/c1-24-20(26(2)13-15-3-7-17(21)8-4-15)25-12-16(19(23)27)11-14-5-9-18(22)10-6-14;/h3-10,16H,11-13H2,1-2H3,(H2,23,27)(H,24,25);1H. The molecule has 1 amide bonds. The van der Waals surface area contributed by atoms with Gasteiger partial charge in [0, 0.05) is 31.7 Å². The number of primary amides is 1. The monoisotopic (exact) mass is 562 g/mol. The molecular formula is C20H25BrFIN4O. The second-order valence-corrected chi connectivity index (χ2v) is 7.26. The van der Waals surface area contributed by atoms with Crippen molar-refractivity contribution in [2.45, 2.75) is 13.0 Å². The number of nitrogens with one attached hydrogen (secondary N) is 1. The van der Waals surface area contributed by atoms with Crippen LogP contribution >= 0.6 is 39.9 Å². The molecule has 0 saturated heterocycles. The van der Waals surface area contributed by atoms with Crippen LogP contribution in [0.3, 0.4) is 0 Å². The van der Waals surface area contributed by atoms with Crippen molar-refractivity contribution >= 4 is 51.8 Å². The van der Waals surface area contributed by atoms with E-state index in [1.165, 1.54) is 12.1 Å². The molecule has 2 rings (SSSR count). The molecule has 1 unspecified atom stereocenters. The highest BCUT2D eigenvalue weighted by molar-refractivity contribution is 14.0. The maximum Gasteiger partial charge on any atom is 0.222 e. The summed E-state index contributed by atoms with van der Waals surface area (Å²) in [6.45, 7) is 1.02. The number of aliphatic imine (C=N–C) groups is 1. The highest BCUT2D eigenvalue weighted by Crippen LogP contribution is 2.12. The molecule has 0 aromatic heterocycles. The number of hydrogen-bond donors (Lipinski definition) is 2. The highest BCUT2D eigenvalue weighted by Gasteiger charge is 2.18. The molecule has 0 aliphatic heterocycles. The lowest BCUT2D eigenvalue weighted by molar-refractivity contribution is -0.121. The Morgan fingerprint density at radius 3 is 2.29 bits per heavy atom. The molecule has 28 heavy (non-hydrogen) atoms. The van der Waals surface area contributed by atoms with Crippen LogP contribution in [-0.4, -0.2) is 37.4 Å². The molecule has 1 atom stereocenters. The van der Waals surface area contributed by atoms with Gasteiger partial charge in [0.05, 0.1) is 5.92 Å². The van der Waals surface area contributed by atoms with E-state index in [-0.39, 0.29) is 29.8 Å². The summed E-state index contributed by atoms with van der Waals surface area (Å²) < 4.78 is 14.1. The summed E-state index contributed by atoms with van der Waals surface area (Å²) in [5.74, 6) is -0.461. The molecule has 0 heterocycles. The van der Waals surface area contributed by atoms with Crippen molar-refractivity contribution in [1.29, 1.82) is 0 Å². The maximum atomic E-state index is 13.0. The SMILES string of the molecule is CN=C(NCC(Cc1ccc(F)cc1)C(N)=O)N(C)Cc1ccc(Br)cc1.I. The Balaban J connectivity index is 0.00000392. The molecule has 0 radical (unpaired) electrons. The van der Waals surface area contributed by atoms with Gasteiger partial charge in [0.2, 0.25) is 5.91 Å². The fourth-order valence-corrected chi connectivity index (χ4v) is 2.98. The first-order chi connectivity index (χ1) is 12.9. The van der Waals surface area contributed by atoms with Crippen LogP contribution in [-0.2, 0) is 17.8 Å². The van der Waals surface area contributed by atoms with Gasteiger partial charge in [-0.25, -0.2) is 4.39 Å². The molecule has 2 aromatic rings. The van der Waals surface area contributed by atoms with Crippen LogP contribution in [0.15, 0.2) is 58.0 Å². The van der Waals surface area contributed by atoms with E-state index in [0.29, 0.717) is 25.5 Å². The third kappa shape index (κ3) is 7.75. The first-order valence-electron chi connectivity index (χ1n) is 8.59. The van der Waals surface area contributed by atoms with E-state index in [1.807, 2.05) is 36.2 Å². The molecule has 0 aliphatic rings. The first-order valence-corrected chi connectivity index (χ1v) is 9.38. The topological polar surface area (TPSA) is 70.7 Å². The Morgan fingerprint density at radius 2 is 1.75 bits per heavy atom. The zero-order chi connectivity index (χ0) is 19.8. The zero-order valence-corrected chi connectivity index (χ0v) is 19.8. The fourth-order valence-electron chi connectivity index (χ4n) is 2.72. The van der Waals surface area contributed by atoms with Crippen molar-refractivity contribution in [3.8, 4) is 0 Å². The van der Waals surface area contributed by atoms with Gasteiger partial charge in [-0.3, -0.25) is 9.79 Å². The van der Waals surface area contributed by atoms with Crippen LogP contribution in [0.1, 0.15) is 11.1 Å². The number of nitrogens with two attached hydrogens (primary N) is 1. The molecule has 0 aliphatic carbocycles. The van der Waals surface area contributed by atoms with E-state index in [1.54, 1.807) is 19.2 Å². The van der Waals surface area contributed by atoms with Crippen molar-refractivity contribution in [3.05, 3.63) is 69.9 Å². The minimum atomic E-state index is -0.423. The van der Waals surface area contributed by atoms with Crippen LogP contribution in [0.5, 0.6) is 0 Å². The average Bonchev–Trinajstić information content (AvgIpc) is 2.64. The van der Waals surface area contributed by atoms with Gasteiger partial charge < -0.3 is 16.0 Å². The highest BCUT2D eigenvalue weighted by atomic mass is 127. The summed E-state index contributed by atoms with van der Waals surface area (Å²) in [5, 5.41) is 3.21. The lowest BCUT2D eigenvalue weighted by Gasteiger charge is -2.24. The number of carbonyl (C=O) groups excluding carboxylic acids is 1. The van der Waals surface area contributed by atoms with Gasteiger partial charge in [-0.15, -0.1) is 24.0 Å². The normalized spacial score (nSPS) is 12.1. The largest absolute Gasteiger partial charge is 0.369 e. The number of benzene rings is 2. The van der Waals surface area contributed by atoms with Gasteiger partial charge in [-0.2, -0.15) is 0 Å². The Kier molecular flexibility index (Phi) is 10.4. The van der Waals surface area contributed by atoms with Gasteiger partial charge in [0.1, 0.15) is 5.82 Å². The predicted octanol–water partition coefficient (Wildman–Crippen LogP) is 3.56. The zero-order valence-electron chi connectivity index (χ0n) is 15.9. The molecule has 5 nitrogen and oxygen atoms in total. The lowest BCUT2D eigenvalue weighted by Crippen LogP contribution is -2.43. The van der Waals surface area contributed by atoms with Crippen LogP contribution in [0.4, 0.5) is 4.39 Å². The molecule has 0 saturated carbocycles. The molecule has 8 heteroatoms. The van der Waals surface area contributed by atoms with Gasteiger partial charge in [0.15, 0.2) is 5.96 Å². The molecule has 0 fully saturated rings. The summed E-state index contributed by atoms with van der Waals surface area (Å²) in [7, 11) is 3.62. The number of amides is 1. The number of carbonyl (C=O) groups is 1. The van der Waals surface area contributed by atoms with Crippen molar-refractivity contribution in [1.82, 2.24) is 10.2 Å². The third-order valence-corrected chi connectivity index (χ3v) is 4.74. The number of hydrogen-bond acceptors (Lipinski definition) is 2. The Labute approximate surface area is 190 Å². The maximum absolute atomic E-state index is 13.0. The fraction of sp³-hybridized carbons (Fsp3) is 0.300. The predicted molar refractivity (Wildman–Crippen MR) is 125 cm³/mol. The van der Waals surface area contributed by atoms with E-state index in [4.69, 9.17) is 5.73 Å². The third-order valence-electron chi connectivity index (χ3n) is 4.21. The summed E-state index contributed by atoms with van der Waals surface area (Å²) in [6.07, 6.45) is 0.441. The minimum Gasteiger partial charge on any atom is -0.369 e. The van der Waals surface area contributed by atoms with E-state index in [9.17, 15) is 9.18 Å². The van der Waals surface area contributed by atoms with Gasteiger partial charge in [-0.05, 0) is 41.8 Å². The summed E-state index contributed by atoms with van der Waals surface area (Å²) in [4.78, 5) is 18.1. The molecule has 152 valence electrons. The van der Waals surface area contributed by atoms with Gasteiger partial charge in [-0.1, -0.05) is 40.2 Å². The van der Waals surface area contributed by atoms with Crippen LogP contribution in [0.2, 0.25) is 0 Å². The summed E-state index contributed by atoms with van der Waals surface area (Å²) >= 11 is 3.43. The van der Waals surface area contributed by atoms with Crippen molar-refractivity contribution in [2.75, 3.05) is 20.6 Å². The number of nitrogens with zero attached hydrogens (tertiary/aromatic N) is 2. The second kappa shape index (κ2) is 12.0. The Hall–Kier alpha value is -1.68. The molecule has 0 spiro atoms. The molecular weight excluding hydrogens is 538 g/mol.